The minimum Gasteiger partial charge on any atom is -0.353 e. The molecule has 0 spiro atoms. The van der Waals surface area contributed by atoms with Gasteiger partial charge in [-0.3, -0.25) is 9.63 Å². The first-order valence-electron chi connectivity index (χ1n) is 3.72. The Balaban J connectivity index is 4.10. The topological polar surface area (TPSA) is 107 Å². The van der Waals surface area contributed by atoms with Crippen LogP contribution in [-0.2, 0) is 9.63 Å². The first-order chi connectivity index (χ1) is 5.90. The van der Waals surface area contributed by atoms with Crippen LogP contribution in [0.2, 0.25) is 0 Å². The normalized spacial score (nSPS) is 10.7. The molecule has 0 aromatic heterocycles. The molecule has 7 heteroatoms. The molecule has 0 aliphatic heterocycles. The van der Waals surface area contributed by atoms with E-state index in [1.165, 1.54) is 13.8 Å². The monoisotopic (exact) mass is 191 g/mol. The van der Waals surface area contributed by atoms with E-state index in [4.69, 9.17) is 5.73 Å². The van der Waals surface area contributed by atoms with Crippen LogP contribution in [0.15, 0.2) is 0 Å². The van der Waals surface area contributed by atoms with Crippen molar-refractivity contribution in [3.8, 4) is 0 Å². The predicted molar refractivity (Wildman–Crippen MR) is 44.2 cm³/mol. The summed E-state index contributed by atoms with van der Waals surface area (Å²) in [5.74, 6) is -0.561. The third-order valence-corrected chi connectivity index (χ3v) is 1.28. The van der Waals surface area contributed by atoms with Crippen LogP contribution in [0.1, 0.15) is 13.8 Å². The highest BCUT2D eigenvalue weighted by Crippen LogP contribution is 2.08. The first-order valence-corrected chi connectivity index (χ1v) is 3.72. The summed E-state index contributed by atoms with van der Waals surface area (Å²) < 4.78 is 0. The van der Waals surface area contributed by atoms with Crippen LogP contribution >= 0.6 is 0 Å². The number of hydrogen-bond acceptors (Lipinski definition) is 5. The van der Waals surface area contributed by atoms with E-state index >= 15 is 0 Å². The Bertz CT molecular complexity index is 204. The van der Waals surface area contributed by atoms with Gasteiger partial charge in [-0.1, -0.05) is 0 Å². The quantitative estimate of drug-likeness (QED) is 0.430. The highest BCUT2D eigenvalue weighted by atomic mass is 17.0. The van der Waals surface area contributed by atoms with Gasteiger partial charge in [0.1, 0.15) is 0 Å². The molecule has 0 heterocycles. The fourth-order valence-corrected chi connectivity index (χ4v) is 0.626. The second kappa shape index (κ2) is 4.61. The minimum absolute atomic E-state index is 0.267. The number of amides is 1. The van der Waals surface area contributed by atoms with Crippen molar-refractivity contribution in [1.82, 2.24) is 5.32 Å². The lowest BCUT2D eigenvalue weighted by Crippen LogP contribution is -2.46. The number of hydrogen-bond donors (Lipinski definition) is 2. The summed E-state index contributed by atoms with van der Waals surface area (Å²) in [5, 5.41) is 11.4. The summed E-state index contributed by atoms with van der Waals surface area (Å²) in [6.45, 7) is 3.16. The Hall–Kier alpha value is -1.37. The zero-order chi connectivity index (χ0) is 10.5. The average molecular weight is 191 g/mol. The summed E-state index contributed by atoms with van der Waals surface area (Å²) >= 11 is 0. The molecule has 0 aromatic rings. The van der Waals surface area contributed by atoms with E-state index < -0.39 is 16.6 Å². The van der Waals surface area contributed by atoms with Crippen LogP contribution < -0.4 is 11.1 Å². The molecular weight excluding hydrogens is 178 g/mol. The van der Waals surface area contributed by atoms with Crippen molar-refractivity contribution in [3.05, 3.63) is 10.1 Å². The molecule has 0 fully saturated rings. The SMILES string of the molecule is CC(C)(O[N+](=O)[O-])C(=O)NCCN. The Morgan fingerprint density at radius 1 is 1.69 bits per heavy atom. The van der Waals surface area contributed by atoms with E-state index in [0.717, 1.165) is 0 Å². The van der Waals surface area contributed by atoms with Gasteiger partial charge in [-0.15, -0.1) is 10.1 Å². The first kappa shape index (κ1) is 11.6. The van der Waals surface area contributed by atoms with Crippen molar-refractivity contribution in [2.24, 2.45) is 5.73 Å². The van der Waals surface area contributed by atoms with Crippen molar-refractivity contribution < 1.29 is 14.7 Å². The zero-order valence-electron chi connectivity index (χ0n) is 7.57. The van der Waals surface area contributed by atoms with Gasteiger partial charge in [0.05, 0.1) is 0 Å². The van der Waals surface area contributed by atoms with Gasteiger partial charge < -0.3 is 11.1 Å². The Morgan fingerprint density at radius 3 is 2.62 bits per heavy atom. The number of nitrogens with zero attached hydrogens (tertiary/aromatic N) is 1. The van der Waals surface area contributed by atoms with Gasteiger partial charge in [-0.05, 0) is 13.8 Å². The zero-order valence-corrected chi connectivity index (χ0v) is 7.57. The van der Waals surface area contributed by atoms with Gasteiger partial charge in [-0.2, -0.15) is 0 Å². The van der Waals surface area contributed by atoms with E-state index in [0.29, 0.717) is 0 Å². The van der Waals surface area contributed by atoms with E-state index in [2.05, 4.69) is 10.2 Å². The van der Waals surface area contributed by atoms with E-state index in [1.807, 2.05) is 0 Å². The van der Waals surface area contributed by atoms with Gasteiger partial charge in [0.15, 0.2) is 5.60 Å². The molecule has 1 amide bonds. The standard InChI is InChI=1S/C6H13N3O4/c1-6(2,13-9(11)12)5(10)8-4-3-7/h3-4,7H2,1-2H3,(H,8,10). The van der Waals surface area contributed by atoms with Crippen molar-refractivity contribution in [1.29, 1.82) is 0 Å². The van der Waals surface area contributed by atoms with E-state index in [9.17, 15) is 14.9 Å². The highest BCUT2D eigenvalue weighted by molar-refractivity contribution is 5.84. The number of carbonyl (C=O) groups is 1. The van der Waals surface area contributed by atoms with Crippen LogP contribution in [0.4, 0.5) is 0 Å². The maximum atomic E-state index is 11.2. The third-order valence-electron chi connectivity index (χ3n) is 1.28. The average Bonchev–Trinajstić information content (AvgIpc) is 1.97. The molecule has 0 saturated carbocycles. The number of nitrogens with one attached hydrogen (secondary N) is 1. The van der Waals surface area contributed by atoms with Gasteiger partial charge >= 0.3 is 0 Å². The minimum atomic E-state index is -1.47. The maximum Gasteiger partial charge on any atom is 0.295 e. The molecule has 0 radical (unpaired) electrons. The van der Waals surface area contributed by atoms with Crippen LogP contribution in [-0.4, -0.2) is 29.7 Å². The van der Waals surface area contributed by atoms with Crippen molar-refractivity contribution in [3.63, 3.8) is 0 Å². The fourth-order valence-electron chi connectivity index (χ4n) is 0.626. The highest BCUT2D eigenvalue weighted by Gasteiger charge is 2.31. The molecule has 13 heavy (non-hydrogen) atoms. The number of nitrogens with two attached hydrogens (primary N) is 1. The van der Waals surface area contributed by atoms with Gasteiger partial charge in [0, 0.05) is 13.1 Å². The summed E-state index contributed by atoms with van der Waals surface area (Å²) in [6, 6.07) is 0. The molecular formula is C6H13N3O4. The van der Waals surface area contributed by atoms with Crippen molar-refractivity contribution >= 4 is 5.91 Å². The lowest BCUT2D eigenvalue weighted by molar-refractivity contribution is -0.774. The maximum absolute atomic E-state index is 11.2. The molecule has 76 valence electrons. The molecule has 0 unspecified atom stereocenters. The molecule has 0 rings (SSSR count). The Morgan fingerprint density at radius 2 is 2.23 bits per heavy atom. The van der Waals surface area contributed by atoms with Crippen LogP contribution in [0.25, 0.3) is 0 Å². The second-order valence-electron chi connectivity index (χ2n) is 2.87. The van der Waals surface area contributed by atoms with Gasteiger partial charge in [0.2, 0.25) is 0 Å². The molecule has 0 aromatic carbocycles. The predicted octanol–water partition coefficient (Wildman–Crippen LogP) is -0.952. The fraction of sp³-hybridized carbons (Fsp3) is 0.833. The summed E-state index contributed by atoms with van der Waals surface area (Å²) in [6.07, 6.45) is 0. The molecule has 7 nitrogen and oxygen atoms in total. The van der Waals surface area contributed by atoms with Gasteiger partial charge in [-0.25, -0.2) is 0 Å². The molecule has 0 aliphatic rings. The lowest BCUT2D eigenvalue weighted by atomic mass is 10.1. The van der Waals surface area contributed by atoms with Crippen LogP contribution in [0.5, 0.6) is 0 Å². The third kappa shape index (κ3) is 4.26. The van der Waals surface area contributed by atoms with Crippen molar-refractivity contribution in [2.75, 3.05) is 13.1 Å². The largest absolute Gasteiger partial charge is 0.353 e. The number of rotatable bonds is 5. The Labute approximate surface area is 75.3 Å². The molecule has 0 bridgehead atoms. The molecule has 0 atom stereocenters. The summed E-state index contributed by atoms with van der Waals surface area (Å²) in [4.78, 5) is 25.3. The second-order valence-corrected chi connectivity index (χ2v) is 2.87. The van der Waals surface area contributed by atoms with Gasteiger partial charge in [0.25, 0.3) is 11.0 Å². The van der Waals surface area contributed by atoms with E-state index in [1.54, 1.807) is 0 Å². The van der Waals surface area contributed by atoms with E-state index in [-0.39, 0.29) is 13.1 Å². The lowest BCUT2D eigenvalue weighted by Gasteiger charge is -2.20. The summed E-state index contributed by atoms with van der Waals surface area (Å²) in [5.41, 5.74) is 3.66. The van der Waals surface area contributed by atoms with Crippen LogP contribution in [0, 0.1) is 10.1 Å². The summed E-state index contributed by atoms with van der Waals surface area (Å²) in [7, 11) is 0. The van der Waals surface area contributed by atoms with Crippen LogP contribution in [0.3, 0.4) is 0 Å². The Kier molecular flexibility index (Phi) is 4.12. The molecule has 3 N–H and O–H groups in total. The number of carbonyl (C=O) groups excluding carboxylic acids is 1. The molecule has 0 saturated heterocycles. The van der Waals surface area contributed by atoms with Crippen molar-refractivity contribution in [2.45, 2.75) is 19.4 Å². The smallest absolute Gasteiger partial charge is 0.295 e. The molecule has 0 aliphatic carbocycles.